The number of hydrogen-bond acceptors (Lipinski definition) is 7. The minimum absolute atomic E-state index is 0.188. The number of hydrogen-bond donors (Lipinski definition) is 3. The zero-order chi connectivity index (χ0) is 15.1. The van der Waals surface area contributed by atoms with Gasteiger partial charge in [0.2, 0.25) is 0 Å². The van der Waals surface area contributed by atoms with Crippen molar-refractivity contribution in [2.45, 2.75) is 40.0 Å². The standard InChI is InChI=1S/C13H23N5O2/c1-5-20-10(19)6-7-15-12-9(4)13(18-14)17-11(16-12)8(2)3/h8H,5-7,14H2,1-4H3,(H2,15,16,17,18). The van der Waals surface area contributed by atoms with E-state index in [4.69, 9.17) is 10.6 Å². The molecule has 0 spiro atoms. The Hall–Kier alpha value is -1.89. The number of rotatable bonds is 7. The van der Waals surface area contributed by atoms with E-state index in [9.17, 15) is 4.79 Å². The van der Waals surface area contributed by atoms with Gasteiger partial charge in [0, 0.05) is 18.0 Å². The number of ether oxygens (including phenoxy) is 1. The molecular formula is C13H23N5O2. The first-order chi connectivity index (χ1) is 9.49. The number of carbonyl (C=O) groups excluding carboxylic acids is 1. The summed E-state index contributed by atoms with van der Waals surface area (Å²) in [5.74, 6) is 7.39. The van der Waals surface area contributed by atoms with Crippen molar-refractivity contribution in [1.29, 1.82) is 0 Å². The topological polar surface area (TPSA) is 102 Å². The van der Waals surface area contributed by atoms with Crippen LogP contribution in [0.3, 0.4) is 0 Å². The molecule has 0 atom stereocenters. The second kappa shape index (κ2) is 7.64. The second-order valence-corrected chi connectivity index (χ2v) is 4.68. The van der Waals surface area contributed by atoms with Crippen LogP contribution >= 0.6 is 0 Å². The van der Waals surface area contributed by atoms with Crippen molar-refractivity contribution >= 4 is 17.6 Å². The Labute approximate surface area is 119 Å². The predicted octanol–water partition coefficient (Wildman–Crippen LogP) is 1.56. The normalized spacial score (nSPS) is 10.5. The van der Waals surface area contributed by atoms with Crippen LogP contribution in [-0.4, -0.2) is 29.1 Å². The van der Waals surface area contributed by atoms with E-state index in [1.165, 1.54) is 0 Å². The molecule has 0 amide bonds. The van der Waals surface area contributed by atoms with Gasteiger partial charge < -0.3 is 15.5 Å². The molecule has 7 nitrogen and oxygen atoms in total. The summed E-state index contributed by atoms with van der Waals surface area (Å²) in [4.78, 5) is 20.1. The molecule has 1 aromatic rings. The van der Waals surface area contributed by atoms with Crippen molar-refractivity contribution in [3.63, 3.8) is 0 Å². The van der Waals surface area contributed by atoms with Crippen LogP contribution in [0, 0.1) is 6.92 Å². The average molecular weight is 281 g/mol. The summed E-state index contributed by atoms with van der Waals surface area (Å²) in [5, 5.41) is 3.12. The Bertz CT molecular complexity index is 462. The first-order valence-corrected chi connectivity index (χ1v) is 6.74. The van der Waals surface area contributed by atoms with Crippen molar-refractivity contribution < 1.29 is 9.53 Å². The van der Waals surface area contributed by atoms with Crippen LogP contribution in [0.15, 0.2) is 0 Å². The zero-order valence-corrected chi connectivity index (χ0v) is 12.5. The van der Waals surface area contributed by atoms with Gasteiger partial charge in [0.25, 0.3) is 0 Å². The van der Waals surface area contributed by atoms with Crippen LogP contribution in [0.5, 0.6) is 0 Å². The lowest BCUT2D eigenvalue weighted by Crippen LogP contribution is -2.17. The maximum absolute atomic E-state index is 11.3. The molecule has 0 aliphatic rings. The minimum Gasteiger partial charge on any atom is -0.466 e. The van der Waals surface area contributed by atoms with Crippen molar-refractivity contribution in [1.82, 2.24) is 9.97 Å². The number of carbonyl (C=O) groups is 1. The number of nitrogens with zero attached hydrogens (tertiary/aromatic N) is 2. The van der Waals surface area contributed by atoms with Crippen molar-refractivity contribution in [2.75, 3.05) is 23.9 Å². The minimum atomic E-state index is -0.229. The van der Waals surface area contributed by atoms with Crippen molar-refractivity contribution in [3.05, 3.63) is 11.4 Å². The van der Waals surface area contributed by atoms with E-state index in [-0.39, 0.29) is 11.9 Å². The van der Waals surface area contributed by atoms with Crippen LogP contribution < -0.4 is 16.6 Å². The molecular weight excluding hydrogens is 258 g/mol. The molecule has 20 heavy (non-hydrogen) atoms. The largest absolute Gasteiger partial charge is 0.466 e. The summed E-state index contributed by atoms with van der Waals surface area (Å²) >= 11 is 0. The fraction of sp³-hybridized carbons (Fsp3) is 0.615. The second-order valence-electron chi connectivity index (χ2n) is 4.68. The predicted molar refractivity (Wildman–Crippen MR) is 78.4 cm³/mol. The number of anilines is 2. The van der Waals surface area contributed by atoms with Crippen LogP contribution in [-0.2, 0) is 9.53 Å². The van der Waals surface area contributed by atoms with Crippen molar-refractivity contribution in [3.8, 4) is 0 Å². The van der Waals surface area contributed by atoms with E-state index in [0.29, 0.717) is 37.0 Å². The monoisotopic (exact) mass is 281 g/mol. The molecule has 0 saturated heterocycles. The third-order valence-electron chi connectivity index (χ3n) is 2.74. The van der Waals surface area contributed by atoms with Gasteiger partial charge in [-0.1, -0.05) is 13.8 Å². The summed E-state index contributed by atoms with van der Waals surface area (Å²) in [5.41, 5.74) is 3.39. The lowest BCUT2D eigenvalue weighted by atomic mass is 10.2. The number of aromatic nitrogens is 2. The van der Waals surface area contributed by atoms with Gasteiger partial charge in [0.15, 0.2) is 0 Å². The maximum Gasteiger partial charge on any atom is 0.307 e. The molecule has 1 heterocycles. The van der Waals surface area contributed by atoms with E-state index < -0.39 is 0 Å². The number of nitrogen functional groups attached to an aromatic ring is 1. The van der Waals surface area contributed by atoms with Gasteiger partial charge >= 0.3 is 5.97 Å². The Morgan fingerprint density at radius 2 is 2.00 bits per heavy atom. The first kappa shape index (κ1) is 16.2. The summed E-state index contributed by atoms with van der Waals surface area (Å²) in [7, 11) is 0. The molecule has 0 aliphatic carbocycles. The maximum atomic E-state index is 11.3. The van der Waals surface area contributed by atoms with Gasteiger partial charge in [-0.2, -0.15) is 0 Å². The number of esters is 1. The highest BCUT2D eigenvalue weighted by Crippen LogP contribution is 2.22. The van der Waals surface area contributed by atoms with Gasteiger partial charge in [0.1, 0.15) is 17.5 Å². The molecule has 1 rings (SSSR count). The Kier molecular flexibility index (Phi) is 6.17. The van der Waals surface area contributed by atoms with Gasteiger partial charge in [-0.05, 0) is 13.8 Å². The molecule has 1 aromatic heterocycles. The van der Waals surface area contributed by atoms with E-state index in [1.807, 2.05) is 20.8 Å². The van der Waals surface area contributed by atoms with E-state index in [2.05, 4.69) is 20.7 Å². The lowest BCUT2D eigenvalue weighted by molar-refractivity contribution is -0.142. The van der Waals surface area contributed by atoms with E-state index in [1.54, 1.807) is 6.92 Å². The van der Waals surface area contributed by atoms with E-state index in [0.717, 1.165) is 5.56 Å². The van der Waals surface area contributed by atoms with Crippen LogP contribution in [0.2, 0.25) is 0 Å². The molecule has 0 aliphatic heterocycles. The van der Waals surface area contributed by atoms with Gasteiger partial charge in [-0.15, -0.1) is 0 Å². The van der Waals surface area contributed by atoms with Gasteiger partial charge in [-0.25, -0.2) is 15.8 Å². The summed E-state index contributed by atoms with van der Waals surface area (Å²) in [6.45, 7) is 8.52. The fourth-order valence-corrected chi connectivity index (χ4v) is 1.62. The molecule has 112 valence electrons. The quantitative estimate of drug-likeness (QED) is 0.396. The highest BCUT2D eigenvalue weighted by atomic mass is 16.5. The van der Waals surface area contributed by atoms with Crippen LogP contribution in [0.4, 0.5) is 11.6 Å². The summed E-state index contributed by atoms with van der Waals surface area (Å²) < 4.78 is 4.87. The first-order valence-electron chi connectivity index (χ1n) is 6.74. The molecule has 4 N–H and O–H groups in total. The van der Waals surface area contributed by atoms with Crippen LogP contribution in [0.1, 0.15) is 44.5 Å². The van der Waals surface area contributed by atoms with Crippen LogP contribution in [0.25, 0.3) is 0 Å². The molecule has 7 heteroatoms. The molecule has 0 unspecified atom stereocenters. The van der Waals surface area contributed by atoms with Crippen molar-refractivity contribution in [2.24, 2.45) is 5.84 Å². The van der Waals surface area contributed by atoms with Gasteiger partial charge in [0.05, 0.1) is 13.0 Å². The SMILES string of the molecule is CCOC(=O)CCNc1nc(C(C)C)nc(NN)c1C. The Morgan fingerprint density at radius 1 is 1.35 bits per heavy atom. The Morgan fingerprint density at radius 3 is 2.55 bits per heavy atom. The van der Waals surface area contributed by atoms with Gasteiger partial charge in [-0.3, -0.25) is 4.79 Å². The highest BCUT2D eigenvalue weighted by molar-refractivity contribution is 5.70. The highest BCUT2D eigenvalue weighted by Gasteiger charge is 2.12. The molecule has 0 saturated carbocycles. The molecule has 0 fully saturated rings. The molecule has 0 radical (unpaired) electrons. The number of nitrogens with two attached hydrogens (primary N) is 1. The summed E-state index contributed by atoms with van der Waals surface area (Å²) in [6.07, 6.45) is 0.291. The fourth-order valence-electron chi connectivity index (χ4n) is 1.62. The lowest BCUT2D eigenvalue weighted by Gasteiger charge is -2.14. The summed E-state index contributed by atoms with van der Waals surface area (Å²) in [6, 6.07) is 0. The molecule has 0 aromatic carbocycles. The zero-order valence-electron chi connectivity index (χ0n) is 12.5. The Balaban J connectivity index is 2.78. The van der Waals surface area contributed by atoms with E-state index >= 15 is 0 Å². The number of nitrogens with one attached hydrogen (secondary N) is 2. The smallest absolute Gasteiger partial charge is 0.307 e. The third-order valence-corrected chi connectivity index (χ3v) is 2.74. The molecule has 0 bridgehead atoms. The average Bonchev–Trinajstić information content (AvgIpc) is 2.40. The third kappa shape index (κ3) is 4.34. The number of hydrazine groups is 1.